The Hall–Kier alpha value is -1.76. The molecule has 2 aromatic heterocycles. The van der Waals surface area contributed by atoms with Crippen LogP contribution in [0, 0.1) is 0 Å². The molecule has 0 unspecified atom stereocenters. The second-order valence-corrected chi connectivity index (χ2v) is 4.09. The number of aliphatic hydroxyl groups excluding tert-OH is 1. The monoisotopic (exact) mass is 251 g/mol. The van der Waals surface area contributed by atoms with Gasteiger partial charge in [0.05, 0.1) is 5.69 Å². The summed E-state index contributed by atoms with van der Waals surface area (Å²) in [6, 6.07) is 0. The molecule has 7 heteroatoms. The Morgan fingerprint density at radius 3 is 3.06 bits per heavy atom. The van der Waals surface area contributed by atoms with Gasteiger partial charge in [-0.25, -0.2) is 4.68 Å². The van der Waals surface area contributed by atoms with Crippen LogP contribution in [0.15, 0.2) is 10.7 Å². The van der Waals surface area contributed by atoms with Gasteiger partial charge >= 0.3 is 0 Å². The van der Waals surface area contributed by atoms with Crippen molar-refractivity contribution >= 4 is 0 Å². The molecule has 18 heavy (non-hydrogen) atoms. The zero-order valence-corrected chi connectivity index (χ0v) is 10.4. The lowest BCUT2D eigenvalue weighted by molar-refractivity contribution is 0.298. The molecule has 0 aliphatic carbocycles. The maximum absolute atomic E-state index is 8.79. The van der Waals surface area contributed by atoms with Crippen molar-refractivity contribution < 1.29 is 9.63 Å². The van der Waals surface area contributed by atoms with E-state index in [4.69, 9.17) is 9.63 Å². The summed E-state index contributed by atoms with van der Waals surface area (Å²) in [5, 5.41) is 20.5. The highest BCUT2D eigenvalue weighted by Crippen LogP contribution is 2.04. The average Bonchev–Trinajstić information content (AvgIpc) is 2.98. The first kappa shape index (κ1) is 12.7. The number of hydrogen-bond acceptors (Lipinski definition) is 6. The molecule has 0 atom stereocenters. The van der Waals surface area contributed by atoms with E-state index in [0.29, 0.717) is 18.9 Å². The van der Waals surface area contributed by atoms with Gasteiger partial charge in [-0.3, -0.25) is 0 Å². The Bertz CT molecular complexity index is 479. The molecule has 0 radical (unpaired) electrons. The zero-order valence-electron chi connectivity index (χ0n) is 10.4. The third-order valence-electron chi connectivity index (χ3n) is 2.52. The molecule has 2 aromatic rings. The van der Waals surface area contributed by atoms with Crippen LogP contribution in [0.4, 0.5) is 0 Å². The summed E-state index contributed by atoms with van der Waals surface area (Å²) in [4.78, 5) is 4.28. The third-order valence-corrected chi connectivity index (χ3v) is 2.52. The summed E-state index contributed by atoms with van der Waals surface area (Å²) in [7, 11) is 0. The van der Waals surface area contributed by atoms with Crippen LogP contribution in [0.3, 0.4) is 0 Å². The van der Waals surface area contributed by atoms with E-state index in [9.17, 15) is 0 Å². The molecule has 2 heterocycles. The van der Waals surface area contributed by atoms with Gasteiger partial charge in [0.2, 0.25) is 5.89 Å². The number of unbranched alkanes of at least 4 members (excludes halogenated alkanes) is 1. The van der Waals surface area contributed by atoms with E-state index in [1.165, 1.54) is 0 Å². The Morgan fingerprint density at radius 2 is 2.28 bits per heavy atom. The first-order valence-corrected chi connectivity index (χ1v) is 6.13. The molecule has 0 aliphatic rings. The van der Waals surface area contributed by atoms with Crippen molar-refractivity contribution in [2.24, 2.45) is 0 Å². The van der Waals surface area contributed by atoms with Crippen LogP contribution in [-0.2, 0) is 19.4 Å². The minimum atomic E-state index is 0.0699. The molecule has 0 saturated heterocycles. The number of aliphatic hydroxyl groups is 1. The summed E-state index contributed by atoms with van der Waals surface area (Å²) < 4.78 is 6.76. The predicted molar refractivity (Wildman–Crippen MR) is 62.8 cm³/mol. The van der Waals surface area contributed by atoms with Crippen molar-refractivity contribution in [2.45, 2.75) is 39.2 Å². The summed E-state index contributed by atoms with van der Waals surface area (Å²) in [6.07, 6.45) is 5.28. The molecule has 98 valence electrons. The van der Waals surface area contributed by atoms with E-state index in [1.54, 1.807) is 10.9 Å². The molecule has 0 bridgehead atoms. The van der Waals surface area contributed by atoms with E-state index in [2.05, 4.69) is 27.4 Å². The lowest BCUT2D eigenvalue weighted by Gasteiger charge is -1.92. The molecule has 0 amide bonds. The van der Waals surface area contributed by atoms with E-state index in [0.717, 1.165) is 30.8 Å². The fourth-order valence-corrected chi connectivity index (χ4v) is 1.57. The highest BCUT2D eigenvalue weighted by Gasteiger charge is 2.08. The highest BCUT2D eigenvalue weighted by atomic mass is 16.5. The van der Waals surface area contributed by atoms with Crippen LogP contribution in [0.25, 0.3) is 0 Å². The van der Waals surface area contributed by atoms with Crippen molar-refractivity contribution in [2.75, 3.05) is 6.61 Å². The van der Waals surface area contributed by atoms with Gasteiger partial charge < -0.3 is 9.63 Å². The third kappa shape index (κ3) is 3.36. The quantitative estimate of drug-likeness (QED) is 0.774. The van der Waals surface area contributed by atoms with Crippen molar-refractivity contribution in [1.29, 1.82) is 0 Å². The summed E-state index contributed by atoms with van der Waals surface area (Å²) in [5.41, 5.74) is 0.753. The highest BCUT2D eigenvalue weighted by molar-refractivity contribution is 4.94. The van der Waals surface area contributed by atoms with E-state index in [-0.39, 0.29) is 6.61 Å². The number of aromatic nitrogens is 5. The Morgan fingerprint density at radius 1 is 1.39 bits per heavy atom. The SMILES string of the molecule is CCCCc1noc(Cn2cc(CCO)nn2)n1. The molecule has 0 aromatic carbocycles. The Balaban J connectivity index is 1.93. The van der Waals surface area contributed by atoms with Gasteiger partial charge in [-0.15, -0.1) is 5.10 Å². The molecule has 1 N–H and O–H groups in total. The topological polar surface area (TPSA) is 89.9 Å². The van der Waals surface area contributed by atoms with Crippen molar-refractivity contribution in [3.05, 3.63) is 23.6 Å². The molecular weight excluding hydrogens is 234 g/mol. The fraction of sp³-hybridized carbons (Fsp3) is 0.636. The van der Waals surface area contributed by atoms with Crippen molar-refractivity contribution in [3.8, 4) is 0 Å². The van der Waals surface area contributed by atoms with E-state index >= 15 is 0 Å². The van der Waals surface area contributed by atoms with Gasteiger partial charge in [0.1, 0.15) is 6.54 Å². The van der Waals surface area contributed by atoms with E-state index in [1.807, 2.05) is 0 Å². The summed E-state index contributed by atoms with van der Waals surface area (Å²) >= 11 is 0. The summed E-state index contributed by atoms with van der Waals surface area (Å²) in [5.74, 6) is 1.27. The number of rotatable bonds is 7. The second-order valence-electron chi connectivity index (χ2n) is 4.09. The molecule has 0 saturated carbocycles. The van der Waals surface area contributed by atoms with Crippen molar-refractivity contribution in [3.63, 3.8) is 0 Å². The van der Waals surface area contributed by atoms with Gasteiger partial charge in [0, 0.05) is 25.6 Å². The van der Waals surface area contributed by atoms with Gasteiger partial charge in [0.25, 0.3) is 0 Å². The fourth-order valence-electron chi connectivity index (χ4n) is 1.57. The molecule has 0 spiro atoms. The predicted octanol–water partition coefficient (Wildman–Crippen LogP) is 0.587. The van der Waals surface area contributed by atoms with Gasteiger partial charge in [-0.1, -0.05) is 23.7 Å². The number of aryl methyl sites for hydroxylation is 1. The lowest BCUT2D eigenvalue weighted by atomic mass is 10.2. The van der Waals surface area contributed by atoms with E-state index < -0.39 is 0 Å². The zero-order chi connectivity index (χ0) is 12.8. The number of nitrogens with zero attached hydrogens (tertiary/aromatic N) is 5. The minimum absolute atomic E-state index is 0.0699. The summed E-state index contributed by atoms with van der Waals surface area (Å²) in [6.45, 7) is 2.61. The largest absolute Gasteiger partial charge is 0.396 e. The maximum Gasteiger partial charge on any atom is 0.248 e. The molecule has 2 rings (SSSR count). The van der Waals surface area contributed by atoms with Gasteiger partial charge in [0.15, 0.2) is 5.82 Å². The first-order valence-electron chi connectivity index (χ1n) is 6.13. The van der Waals surface area contributed by atoms with Crippen LogP contribution in [0.5, 0.6) is 0 Å². The number of hydrogen-bond donors (Lipinski definition) is 1. The van der Waals surface area contributed by atoms with Crippen LogP contribution in [0.1, 0.15) is 37.2 Å². The smallest absolute Gasteiger partial charge is 0.248 e. The van der Waals surface area contributed by atoms with Crippen LogP contribution < -0.4 is 0 Å². The molecule has 0 aliphatic heterocycles. The Labute approximate surface area is 105 Å². The standard InChI is InChI=1S/C11H17N5O2/c1-2-3-4-10-12-11(18-14-10)8-16-7-9(5-6-17)13-15-16/h7,17H,2-6,8H2,1H3. The minimum Gasteiger partial charge on any atom is -0.396 e. The molecule has 7 nitrogen and oxygen atoms in total. The average molecular weight is 251 g/mol. The maximum atomic E-state index is 8.79. The lowest BCUT2D eigenvalue weighted by Crippen LogP contribution is -2.01. The van der Waals surface area contributed by atoms with Crippen LogP contribution in [-0.4, -0.2) is 36.8 Å². The second kappa shape index (κ2) is 6.25. The van der Waals surface area contributed by atoms with Crippen LogP contribution >= 0.6 is 0 Å². The van der Waals surface area contributed by atoms with Gasteiger partial charge in [-0.2, -0.15) is 4.98 Å². The molecular formula is C11H17N5O2. The first-order chi connectivity index (χ1) is 8.81. The van der Waals surface area contributed by atoms with Crippen molar-refractivity contribution in [1.82, 2.24) is 25.1 Å². The van der Waals surface area contributed by atoms with Gasteiger partial charge in [-0.05, 0) is 6.42 Å². The molecule has 0 fully saturated rings. The normalized spacial score (nSPS) is 11.0. The Kier molecular flexibility index (Phi) is 4.40. The van der Waals surface area contributed by atoms with Crippen LogP contribution in [0.2, 0.25) is 0 Å².